The highest BCUT2D eigenvalue weighted by Gasteiger charge is 2.13. The quantitative estimate of drug-likeness (QED) is 0.794. The number of hydrogen-bond acceptors (Lipinski definition) is 6. The highest BCUT2D eigenvalue weighted by Crippen LogP contribution is 2.15. The van der Waals surface area contributed by atoms with E-state index in [1.807, 2.05) is 0 Å². The van der Waals surface area contributed by atoms with Gasteiger partial charge in [-0.3, -0.25) is 4.98 Å². The van der Waals surface area contributed by atoms with Gasteiger partial charge in [0, 0.05) is 13.1 Å². The van der Waals surface area contributed by atoms with Crippen LogP contribution in [-0.4, -0.2) is 44.7 Å². The smallest absolute Gasteiger partial charge is 0.199 e. The van der Waals surface area contributed by atoms with Crippen LogP contribution in [0.2, 0.25) is 0 Å². The number of hydrogen-bond donors (Lipinski definition) is 1. The van der Waals surface area contributed by atoms with Gasteiger partial charge in [-0.05, 0) is 29.3 Å². The number of tetrazole rings is 1. The van der Waals surface area contributed by atoms with E-state index in [-0.39, 0.29) is 0 Å². The van der Waals surface area contributed by atoms with Crippen LogP contribution in [0.3, 0.4) is 0 Å². The summed E-state index contributed by atoms with van der Waals surface area (Å²) >= 11 is 0. The molecule has 0 aliphatic carbocycles. The summed E-state index contributed by atoms with van der Waals surface area (Å²) in [5, 5.41) is 11.6. The van der Waals surface area contributed by atoms with Crippen LogP contribution in [0.15, 0.2) is 12.4 Å². The molecule has 0 aromatic carbocycles. The number of aromatic nitrogens is 5. The van der Waals surface area contributed by atoms with Crippen molar-refractivity contribution >= 4 is 11.5 Å². The first-order chi connectivity index (χ1) is 8.72. The standard InChI is InChI=1S/C11H19N7/c1-9(2)8-17(5-3-4-12)11-7-13-6-10-14-15-16-18(10)11/h6-7,9H,3-5,8,12H2,1-2H3. The molecule has 0 saturated heterocycles. The van der Waals surface area contributed by atoms with Crippen LogP contribution in [-0.2, 0) is 0 Å². The third-order valence-electron chi connectivity index (χ3n) is 2.63. The highest BCUT2D eigenvalue weighted by atomic mass is 15.5. The van der Waals surface area contributed by atoms with Crippen molar-refractivity contribution in [3.8, 4) is 0 Å². The van der Waals surface area contributed by atoms with Gasteiger partial charge in [0.15, 0.2) is 11.5 Å². The second-order valence-corrected chi connectivity index (χ2v) is 4.70. The summed E-state index contributed by atoms with van der Waals surface area (Å²) in [6, 6.07) is 0. The highest BCUT2D eigenvalue weighted by molar-refractivity contribution is 5.45. The predicted molar refractivity (Wildman–Crippen MR) is 69.3 cm³/mol. The zero-order valence-electron chi connectivity index (χ0n) is 10.8. The van der Waals surface area contributed by atoms with Crippen molar-refractivity contribution in [2.24, 2.45) is 11.7 Å². The van der Waals surface area contributed by atoms with Gasteiger partial charge in [-0.2, -0.15) is 4.52 Å². The third-order valence-corrected chi connectivity index (χ3v) is 2.63. The van der Waals surface area contributed by atoms with Gasteiger partial charge in [0.25, 0.3) is 0 Å². The van der Waals surface area contributed by atoms with Gasteiger partial charge in [-0.15, -0.1) is 5.10 Å². The molecule has 0 radical (unpaired) electrons. The molecule has 0 aliphatic heterocycles. The second kappa shape index (κ2) is 5.72. The second-order valence-electron chi connectivity index (χ2n) is 4.70. The molecule has 98 valence electrons. The maximum absolute atomic E-state index is 5.59. The fourth-order valence-corrected chi connectivity index (χ4v) is 1.90. The molecule has 0 fully saturated rings. The third kappa shape index (κ3) is 2.73. The zero-order valence-corrected chi connectivity index (χ0v) is 10.8. The van der Waals surface area contributed by atoms with Gasteiger partial charge in [0.2, 0.25) is 0 Å². The monoisotopic (exact) mass is 249 g/mol. The lowest BCUT2D eigenvalue weighted by molar-refractivity contribution is 0.589. The Bertz CT molecular complexity index is 493. The van der Waals surface area contributed by atoms with E-state index in [1.54, 1.807) is 16.9 Å². The summed E-state index contributed by atoms with van der Waals surface area (Å²) in [7, 11) is 0. The van der Waals surface area contributed by atoms with Crippen LogP contribution in [0.1, 0.15) is 20.3 Å². The van der Waals surface area contributed by atoms with Crippen molar-refractivity contribution in [1.82, 2.24) is 25.0 Å². The van der Waals surface area contributed by atoms with Gasteiger partial charge in [-0.25, -0.2) is 0 Å². The summed E-state index contributed by atoms with van der Waals surface area (Å²) in [6.45, 7) is 6.86. The molecule has 2 heterocycles. The summed E-state index contributed by atoms with van der Waals surface area (Å²) in [5.74, 6) is 1.47. The van der Waals surface area contributed by atoms with Gasteiger partial charge in [-0.1, -0.05) is 13.8 Å². The van der Waals surface area contributed by atoms with E-state index in [4.69, 9.17) is 5.73 Å². The molecule has 2 rings (SSSR count). The van der Waals surface area contributed by atoms with Crippen LogP contribution in [0, 0.1) is 5.92 Å². The minimum Gasteiger partial charge on any atom is -0.355 e. The number of nitrogens with two attached hydrogens (primary N) is 1. The Morgan fingerprint density at radius 3 is 2.94 bits per heavy atom. The van der Waals surface area contributed by atoms with Gasteiger partial charge in [0.1, 0.15) is 0 Å². The molecular formula is C11H19N7. The first-order valence-electron chi connectivity index (χ1n) is 6.19. The van der Waals surface area contributed by atoms with Gasteiger partial charge >= 0.3 is 0 Å². The van der Waals surface area contributed by atoms with Crippen molar-refractivity contribution in [2.75, 3.05) is 24.5 Å². The largest absolute Gasteiger partial charge is 0.355 e. The molecule has 2 aromatic rings. The number of anilines is 1. The van der Waals surface area contributed by atoms with E-state index in [1.165, 1.54) is 0 Å². The lowest BCUT2D eigenvalue weighted by Gasteiger charge is -2.25. The molecule has 18 heavy (non-hydrogen) atoms. The van der Waals surface area contributed by atoms with E-state index in [0.717, 1.165) is 25.3 Å². The fourth-order valence-electron chi connectivity index (χ4n) is 1.90. The molecule has 2 N–H and O–H groups in total. The predicted octanol–water partition coefficient (Wildman–Crippen LogP) is 0.330. The molecule has 0 bridgehead atoms. The molecule has 0 unspecified atom stereocenters. The minimum absolute atomic E-state index is 0.550. The Balaban J connectivity index is 2.30. The molecule has 0 atom stereocenters. The molecule has 7 heteroatoms. The van der Waals surface area contributed by atoms with Crippen molar-refractivity contribution in [3.05, 3.63) is 12.4 Å². The molecule has 0 amide bonds. The fraction of sp³-hybridized carbons (Fsp3) is 0.636. The summed E-state index contributed by atoms with van der Waals surface area (Å²) in [5.41, 5.74) is 6.25. The normalized spacial score (nSPS) is 11.3. The lowest BCUT2D eigenvalue weighted by atomic mass is 10.2. The Morgan fingerprint density at radius 1 is 1.39 bits per heavy atom. The summed E-state index contributed by atoms with van der Waals surface area (Å²) in [4.78, 5) is 6.42. The Kier molecular flexibility index (Phi) is 4.03. The van der Waals surface area contributed by atoms with E-state index in [9.17, 15) is 0 Å². The molecule has 0 saturated carbocycles. The maximum Gasteiger partial charge on any atom is 0.199 e. The van der Waals surface area contributed by atoms with Gasteiger partial charge in [0.05, 0.1) is 12.4 Å². The number of nitrogens with zero attached hydrogens (tertiary/aromatic N) is 6. The molecule has 2 aromatic heterocycles. The average molecular weight is 249 g/mol. The Labute approximate surface area is 106 Å². The maximum atomic E-state index is 5.59. The first kappa shape index (κ1) is 12.7. The van der Waals surface area contributed by atoms with E-state index >= 15 is 0 Å². The van der Waals surface area contributed by atoms with E-state index < -0.39 is 0 Å². The van der Waals surface area contributed by atoms with Crippen LogP contribution in [0.4, 0.5) is 5.82 Å². The number of rotatable bonds is 6. The zero-order chi connectivity index (χ0) is 13.0. The van der Waals surface area contributed by atoms with Crippen molar-refractivity contribution < 1.29 is 0 Å². The SMILES string of the molecule is CC(C)CN(CCCN)c1cncc2nnnn12. The summed E-state index contributed by atoms with van der Waals surface area (Å²) < 4.78 is 1.71. The van der Waals surface area contributed by atoms with Gasteiger partial charge < -0.3 is 10.6 Å². The van der Waals surface area contributed by atoms with E-state index in [2.05, 4.69) is 39.3 Å². The molecular weight excluding hydrogens is 230 g/mol. The first-order valence-corrected chi connectivity index (χ1v) is 6.19. The average Bonchev–Trinajstić information content (AvgIpc) is 2.82. The van der Waals surface area contributed by atoms with Crippen molar-refractivity contribution in [2.45, 2.75) is 20.3 Å². The Morgan fingerprint density at radius 2 is 2.22 bits per heavy atom. The minimum atomic E-state index is 0.550. The topological polar surface area (TPSA) is 85.2 Å². The molecule has 0 spiro atoms. The molecule has 7 nitrogen and oxygen atoms in total. The summed E-state index contributed by atoms with van der Waals surface area (Å²) in [6.07, 6.45) is 4.38. The van der Waals surface area contributed by atoms with Crippen LogP contribution >= 0.6 is 0 Å². The van der Waals surface area contributed by atoms with Crippen molar-refractivity contribution in [3.63, 3.8) is 0 Å². The Hall–Kier alpha value is -1.76. The van der Waals surface area contributed by atoms with Crippen LogP contribution in [0.25, 0.3) is 5.65 Å². The van der Waals surface area contributed by atoms with Crippen LogP contribution in [0.5, 0.6) is 0 Å². The number of fused-ring (bicyclic) bond motifs is 1. The van der Waals surface area contributed by atoms with Crippen LogP contribution < -0.4 is 10.6 Å². The van der Waals surface area contributed by atoms with Crippen molar-refractivity contribution in [1.29, 1.82) is 0 Å². The van der Waals surface area contributed by atoms with E-state index in [0.29, 0.717) is 18.1 Å². The lowest BCUT2D eigenvalue weighted by Crippen LogP contribution is -2.31. The molecule has 0 aliphatic rings.